The number of piperidine rings is 1. The van der Waals surface area contributed by atoms with Crippen LogP contribution in [-0.2, 0) is 0 Å². The van der Waals surface area contributed by atoms with Crippen LogP contribution in [0.1, 0.15) is 18.9 Å². The second kappa shape index (κ2) is 9.75. The molecular formula is C27H26N8O2. The maximum Gasteiger partial charge on any atom is 0.323 e. The molecular weight excluding hydrogens is 468 g/mol. The zero-order chi connectivity index (χ0) is 25.2. The van der Waals surface area contributed by atoms with Crippen molar-refractivity contribution in [3.8, 4) is 22.7 Å². The van der Waals surface area contributed by atoms with Gasteiger partial charge in [-0.05, 0) is 62.3 Å². The number of amides is 2. The van der Waals surface area contributed by atoms with Crippen molar-refractivity contribution in [2.24, 2.45) is 0 Å². The van der Waals surface area contributed by atoms with Gasteiger partial charge in [0, 0.05) is 35.4 Å². The number of nitrogens with one attached hydrogen (secondary N) is 3. The van der Waals surface area contributed by atoms with E-state index in [2.05, 4.69) is 25.9 Å². The van der Waals surface area contributed by atoms with Gasteiger partial charge in [-0.25, -0.2) is 14.8 Å². The van der Waals surface area contributed by atoms with Crippen molar-refractivity contribution in [1.29, 1.82) is 0 Å². The van der Waals surface area contributed by atoms with E-state index in [0.29, 0.717) is 45.8 Å². The first-order valence-electron chi connectivity index (χ1n) is 12.2. The summed E-state index contributed by atoms with van der Waals surface area (Å²) in [6.45, 7) is 2.00. The summed E-state index contributed by atoms with van der Waals surface area (Å²) in [5.41, 5.74) is 10.9. The summed E-state index contributed by atoms with van der Waals surface area (Å²) in [6.07, 6.45) is 5.84. The van der Waals surface area contributed by atoms with Crippen molar-refractivity contribution in [2.75, 3.05) is 29.5 Å². The van der Waals surface area contributed by atoms with Crippen LogP contribution in [0, 0.1) is 0 Å². The van der Waals surface area contributed by atoms with Gasteiger partial charge in [-0.3, -0.25) is 4.68 Å². The third kappa shape index (κ3) is 4.87. The molecule has 2 amide bonds. The summed E-state index contributed by atoms with van der Waals surface area (Å²) in [7, 11) is 0. The summed E-state index contributed by atoms with van der Waals surface area (Å²) < 4.78 is 8.07. The molecule has 1 aliphatic rings. The van der Waals surface area contributed by atoms with Crippen LogP contribution in [0.25, 0.3) is 33.8 Å². The molecule has 37 heavy (non-hydrogen) atoms. The lowest BCUT2D eigenvalue weighted by molar-refractivity contribution is 0.262. The Morgan fingerprint density at radius 3 is 2.68 bits per heavy atom. The van der Waals surface area contributed by atoms with Gasteiger partial charge in [-0.1, -0.05) is 18.2 Å². The first-order chi connectivity index (χ1) is 18.1. The molecule has 0 unspecified atom stereocenters. The third-order valence-corrected chi connectivity index (χ3v) is 6.41. The number of carbonyl (C=O) groups is 1. The van der Waals surface area contributed by atoms with Gasteiger partial charge in [0.2, 0.25) is 5.89 Å². The lowest BCUT2D eigenvalue weighted by atomic mass is 10.1. The molecule has 0 spiro atoms. The Kier molecular flexibility index (Phi) is 5.99. The predicted octanol–water partition coefficient (Wildman–Crippen LogP) is 4.90. The molecule has 4 heterocycles. The number of fused-ring (bicyclic) bond motifs is 1. The number of aromatic nitrogens is 4. The Balaban J connectivity index is 1.23. The molecule has 1 fully saturated rings. The van der Waals surface area contributed by atoms with Crippen LogP contribution in [0.5, 0.6) is 0 Å². The molecule has 5 aromatic rings. The van der Waals surface area contributed by atoms with E-state index in [-0.39, 0.29) is 6.03 Å². The molecule has 10 heteroatoms. The number of nitrogens with zero attached hydrogens (tertiary/aromatic N) is 4. The van der Waals surface area contributed by atoms with Crippen LogP contribution < -0.4 is 21.7 Å². The van der Waals surface area contributed by atoms with Crippen LogP contribution in [0.3, 0.4) is 0 Å². The van der Waals surface area contributed by atoms with Gasteiger partial charge in [-0.2, -0.15) is 5.10 Å². The SMILES string of the molecule is Nc1ncc(-c2ccn(C3CCNCC3)n2)cc1-c1nc2ccc(NC(=O)Nc3ccccc3)cc2o1. The molecule has 0 bridgehead atoms. The molecule has 0 saturated carbocycles. The van der Waals surface area contributed by atoms with E-state index in [1.807, 2.05) is 53.3 Å². The van der Waals surface area contributed by atoms with Crippen LogP contribution in [0.15, 0.2) is 77.5 Å². The highest BCUT2D eigenvalue weighted by Gasteiger charge is 2.18. The fourth-order valence-electron chi connectivity index (χ4n) is 4.49. The number of benzene rings is 2. The third-order valence-electron chi connectivity index (χ3n) is 6.41. The van der Waals surface area contributed by atoms with Gasteiger partial charge in [-0.15, -0.1) is 0 Å². The number of rotatable bonds is 5. The van der Waals surface area contributed by atoms with Crippen LogP contribution in [0.2, 0.25) is 0 Å². The molecule has 0 atom stereocenters. The van der Waals surface area contributed by atoms with E-state index in [4.69, 9.17) is 15.2 Å². The van der Waals surface area contributed by atoms with Crippen molar-refractivity contribution < 1.29 is 9.21 Å². The fourth-order valence-corrected chi connectivity index (χ4v) is 4.49. The standard InChI is InChI=1S/C27H26N8O2/c28-25-21(14-17(16-30-25)22-10-13-35(34-22)20-8-11-29-12-9-20)26-33-23-7-6-19(15-24(23)37-26)32-27(36)31-18-4-2-1-3-5-18/h1-7,10,13-16,20,29H,8-9,11-12H2,(H2,28,30)(H2,31,32,36). The smallest absolute Gasteiger partial charge is 0.323 e. The van der Waals surface area contributed by atoms with E-state index in [1.165, 1.54) is 0 Å². The van der Waals surface area contributed by atoms with Crippen LogP contribution in [-0.4, -0.2) is 38.9 Å². The highest BCUT2D eigenvalue weighted by molar-refractivity contribution is 6.00. The van der Waals surface area contributed by atoms with Gasteiger partial charge in [0.15, 0.2) is 5.58 Å². The number of carbonyl (C=O) groups excluding carboxylic acids is 1. The summed E-state index contributed by atoms with van der Waals surface area (Å²) in [5, 5.41) is 13.8. The van der Waals surface area contributed by atoms with E-state index in [1.54, 1.807) is 24.4 Å². The predicted molar refractivity (Wildman–Crippen MR) is 143 cm³/mol. The Morgan fingerprint density at radius 2 is 1.84 bits per heavy atom. The number of oxazole rings is 1. The summed E-state index contributed by atoms with van der Waals surface area (Å²) >= 11 is 0. The molecule has 1 saturated heterocycles. The maximum absolute atomic E-state index is 12.4. The minimum absolute atomic E-state index is 0.314. The minimum atomic E-state index is -0.352. The van der Waals surface area contributed by atoms with Crippen molar-refractivity contribution >= 4 is 34.3 Å². The zero-order valence-corrected chi connectivity index (χ0v) is 20.0. The first-order valence-corrected chi connectivity index (χ1v) is 12.2. The first kappa shape index (κ1) is 22.7. The number of hydrogen-bond donors (Lipinski definition) is 4. The van der Waals surface area contributed by atoms with Gasteiger partial charge in [0.25, 0.3) is 0 Å². The average Bonchev–Trinajstić information content (AvgIpc) is 3.58. The van der Waals surface area contributed by atoms with Crippen molar-refractivity contribution in [3.63, 3.8) is 0 Å². The minimum Gasteiger partial charge on any atom is -0.436 e. The molecule has 186 valence electrons. The highest BCUT2D eigenvalue weighted by Crippen LogP contribution is 2.32. The lowest BCUT2D eigenvalue weighted by Gasteiger charge is -2.22. The Labute approximate surface area is 212 Å². The lowest BCUT2D eigenvalue weighted by Crippen LogP contribution is -2.29. The number of nitrogens with two attached hydrogens (primary N) is 1. The Bertz CT molecular complexity index is 1550. The zero-order valence-electron chi connectivity index (χ0n) is 20.0. The van der Waals surface area contributed by atoms with Gasteiger partial charge in [0.1, 0.15) is 11.3 Å². The monoisotopic (exact) mass is 494 g/mol. The molecule has 6 rings (SSSR count). The van der Waals surface area contributed by atoms with E-state index < -0.39 is 0 Å². The van der Waals surface area contributed by atoms with Crippen molar-refractivity contribution in [2.45, 2.75) is 18.9 Å². The number of hydrogen-bond acceptors (Lipinski definition) is 7. The van der Waals surface area contributed by atoms with Gasteiger partial charge in [0.05, 0.1) is 17.3 Å². The second-order valence-corrected chi connectivity index (χ2v) is 8.97. The number of pyridine rings is 1. The molecule has 3 aromatic heterocycles. The topological polar surface area (TPSA) is 136 Å². The molecule has 2 aromatic carbocycles. The second-order valence-electron chi connectivity index (χ2n) is 8.97. The fraction of sp³-hybridized carbons (Fsp3) is 0.185. The maximum atomic E-state index is 12.4. The van der Waals surface area contributed by atoms with E-state index in [9.17, 15) is 4.79 Å². The number of para-hydroxylation sites is 1. The van der Waals surface area contributed by atoms with E-state index in [0.717, 1.165) is 37.2 Å². The van der Waals surface area contributed by atoms with Crippen molar-refractivity contribution in [3.05, 3.63) is 73.1 Å². The summed E-state index contributed by atoms with van der Waals surface area (Å²) in [6, 6.07) is 18.4. The van der Waals surface area contributed by atoms with Crippen molar-refractivity contribution in [1.82, 2.24) is 25.1 Å². The highest BCUT2D eigenvalue weighted by atomic mass is 16.3. The molecule has 5 N–H and O–H groups in total. The van der Waals surface area contributed by atoms with Gasteiger partial charge >= 0.3 is 6.03 Å². The number of urea groups is 1. The Hall–Kier alpha value is -4.70. The molecule has 0 aliphatic carbocycles. The summed E-state index contributed by atoms with van der Waals surface area (Å²) in [5.74, 6) is 0.666. The van der Waals surface area contributed by atoms with E-state index >= 15 is 0 Å². The number of nitrogen functional groups attached to an aromatic ring is 1. The molecule has 1 aliphatic heterocycles. The van der Waals surface area contributed by atoms with Gasteiger partial charge < -0.3 is 26.1 Å². The number of anilines is 3. The van der Waals surface area contributed by atoms with Crippen LogP contribution >= 0.6 is 0 Å². The normalized spacial score (nSPS) is 14.1. The average molecular weight is 495 g/mol. The Morgan fingerprint density at radius 1 is 1.03 bits per heavy atom. The van der Waals surface area contributed by atoms with Crippen LogP contribution in [0.4, 0.5) is 22.0 Å². The molecule has 0 radical (unpaired) electrons. The largest absolute Gasteiger partial charge is 0.436 e. The molecule has 10 nitrogen and oxygen atoms in total. The quantitative estimate of drug-likeness (QED) is 0.273. The summed E-state index contributed by atoms with van der Waals surface area (Å²) in [4.78, 5) is 21.3.